The van der Waals surface area contributed by atoms with Gasteiger partial charge in [0.2, 0.25) is 11.8 Å². The Morgan fingerprint density at radius 3 is 2.52 bits per heavy atom. The number of carbonyl (C=O) groups excluding carboxylic acids is 2. The maximum Gasteiger partial charge on any atom is 0.234 e. The van der Waals surface area contributed by atoms with E-state index in [1.807, 2.05) is 31.2 Å². The van der Waals surface area contributed by atoms with E-state index in [2.05, 4.69) is 10.6 Å². The van der Waals surface area contributed by atoms with Gasteiger partial charge in [0.25, 0.3) is 0 Å². The first kappa shape index (κ1) is 19.0. The molecule has 0 aliphatic heterocycles. The van der Waals surface area contributed by atoms with Crippen molar-refractivity contribution in [3.8, 4) is 0 Å². The maximum absolute atomic E-state index is 13.4. The Morgan fingerprint density at radius 1 is 1.04 bits per heavy atom. The number of halogens is 1. The highest BCUT2D eigenvalue weighted by molar-refractivity contribution is 8.00. The summed E-state index contributed by atoms with van der Waals surface area (Å²) in [5.74, 6) is -0.247. The first-order valence-corrected chi connectivity index (χ1v) is 9.05. The summed E-state index contributed by atoms with van der Waals surface area (Å²) in [4.78, 5) is 23.6. The molecule has 0 spiro atoms. The van der Waals surface area contributed by atoms with E-state index in [9.17, 15) is 14.0 Å². The molecule has 2 N–H and O–H groups in total. The Labute approximate surface area is 151 Å². The van der Waals surface area contributed by atoms with Crippen LogP contribution >= 0.6 is 11.8 Å². The quantitative estimate of drug-likeness (QED) is 0.795. The number of aryl methyl sites for hydroxylation is 2. The molecule has 6 heteroatoms. The van der Waals surface area contributed by atoms with Crippen molar-refractivity contribution in [1.82, 2.24) is 5.32 Å². The smallest absolute Gasteiger partial charge is 0.234 e. The number of carbonyl (C=O) groups is 2. The van der Waals surface area contributed by atoms with Crippen molar-refractivity contribution in [3.05, 3.63) is 65.0 Å². The van der Waals surface area contributed by atoms with E-state index in [1.165, 1.54) is 17.8 Å². The second kappa shape index (κ2) is 9.22. The van der Waals surface area contributed by atoms with E-state index in [-0.39, 0.29) is 35.7 Å². The van der Waals surface area contributed by atoms with Crippen LogP contribution in [-0.4, -0.2) is 23.3 Å². The summed E-state index contributed by atoms with van der Waals surface area (Å²) in [5.41, 5.74) is 3.10. The fourth-order valence-corrected chi connectivity index (χ4v) is 2.80. The molecular formula is C19H21FN2O2S. The van der Waals surface area contributed by atoms with Gasteiger partial charge >= 0.3 is 0 Å². The molecule has 0 saturated carbocycles. The van der Waals surface area contributed by atoms with Gasteiger partial charge in [-0.1, -0.05) is 24.3 Å². The van der Waals surface area contributed by atoms with Crippen LogP contribution in [0, 0.1) is 19.7 Å². The summed E-state index contributed by atoms with van der Waals surface area (Å²) < 4.78 is 13.4. The Balaban J connectivity index is 1.67. The molecule has 0 saturated heterocycles. The second-order valence-corrected chi connectivity index (χ2v) is 6.76. The first-order chi connectivity index (χ1) is 11.9. The van der Waals surface area contributed by atoms with Crippen molar-refractivity contribution in [1.29, 1.82) is 0 Å². The largest absolute Gasteiger partial charge is 0.351 e. The highest BCUT2D eigenvalue weighted by atomic mass is 32.2. The van der Waals surface area contributed by atoms with Crippen LogP contribution in [0.1, 0.15) is 16.7 Å². The summed E-state index contributed by atoms with van der Waals surface area (Å²) in [7, 11) is 0. The van der Waals surface area contributed by atoms with E-state index in [0.717, 1.165) is 11.3 Å². The van der Waals surface area contributed by atoms with E-state index < -0.39 is 0 Å². The summed E-state index contributed by atoms with van der Waals surface area (Å²) in [6, 6.07) is 12.4. The molecule has 0 radical (unpaired) electrons. The number of thioether (sulfide) groups is 1. The number of benzene rings is 2. The fourth-order valence-electron chi connectivity index (χ4n) is 2.15. The standard InChI is InChI=1S/C19H21FN2O2S/c1-13-4-3-5-16(8-13)22-19(24)12-25-11-18(23)21-10-15-7-6-14(2)17(20)9-15/h3-9H,10-12H2,1-2H3,(H,21,23)(H,22,24). The third kappa shape index (κ3) is 6.58. The Bertz CT molecular complexity index is 765. The van der Waals surface area contributed by atoms with Gasteiger partial charge < -0.3 is 10.6 Å². The predicted octanol–water partition coefficient (Wildman–Crippen LogP) is 3.43. The molecule has 0 atom stereocenters. The molecule has 2 amide bonds. The Kier molecular flexibility index (Phi) is 7.01. The van der Waals surface area contributed by atoms with Crippen LogP contribution in [0.2, 0.25) is 0 Å². The highest BCUT2D eigenvalue weighted by Gasteiger charge is 2.07. The van der Waals surface area contributed by atoms with Crippen molar-refractivity contribution in [3.63, 3.8) is 0 Å². The molecular weight excluding hydrogens is 339 g/mol. The van der Waals surface area contributed by atoms with Crippen LogP contribution in [0.15, 0.2) is 42.5 Å². The number of nitrogens with one attached hydrogen (secondary N) is 2. The monoisotopic (exact) mass is 360 g/mol. The minimum atomic E-state index is -0.283. The summed E-state index contributed by atoms with van der Waals surface area (Å²) >= 11 is 1.24. The number of amides is 2. The van der Waals surface area contributed by atoms with Gasteiger partial charge in [0.05, 0.1) is 11.5 Å². The molecule has 0 unspecified atom stereocenters. The zero-order valence-corrected chi connectivity index (χ0v) is 15.1. The minimum Gasteiger partial charge on any atom is -0.351 e. The SMILES string of the molecule is Cc1cccc(NC(=O)CSCC(=O)NCc2ccc(C)c(F)c2)c1. The van der Waals surface area contributed by atoms with Crippen molar-refractivity contribution >= 4 is 29.3 Å². The lowest BCUT2D eigenvalue weighted by Crippen LogP contribution is -2.25. The van der Waals surface area contributed by atoms with Crippen LogP contribution < -0.4 is 10.6 Å². The predicted molar refractivity (Wildman–Crippen MR) is 100 cm³/mol. The highest BCUT2D eigenvalue weighted by Crippen LogP contribution is 2.11. The zero-order valence-electron chi connectivity index (χ0n) is 14.3. The van der Waals surface area contributed by atoms with Crippen LogP contribution in [-0.2, 0) is 16.1 Å². The van der Waals surface area contributed by atoms with E-state index in [1.54, 1.807) is 19.1 Å². The molecule has 0 fully saturated rings. The summed E-state index contributed by atoms with van der Waals surface area (Å²) in [6.07, 6.45) is 0. The average molecular weight is 360 g/mol. The van der Waals surface area contributed by atoms with Gasteiger partial charge in [-0.25, -0.2) is 4.39 Å². The molecule has 0 bridgehead atoms. The lowest BCUT2D eigenvalue weighted by Gasteiger charge is -2.07. The van der Waals surface area contributed by atoms with Gasteiger partial charge in [-0.2, -0.15) is 0 Å². The van der Waals surface area contributed by atoms with Crippen molar-refractivity contribution in [2.24, 2.45) is 0 Å². The molecule has 0 aliphatic carbocycles. The number of hydrogen-bond acceptors (Lipinski definition) is 3. The number of hydrogen-bond donors (Lipinski definition) is 2. The van der Waals surface area contributed by atoms with Gasteiger partial charge in [0.1, 0.15) is 5.82 Å². The molecule has 25 heavy (non-hydrogen) atoms. The topological polar surface area (TPSA) is 58.2 Å². The first-order valence-electron chi connectivity index (χ1n) is 7.90. The second-order valence-electron chi connectivity index (χ2n) is 5.77. The summed E-state index contributed by atoms with van der Waals surface area (Å²) in [6.45, 7) is 3.91. The average Bonchev–Trinajstić information content (AvgIpc) is 2.56. The summed E-state index contributed by atoms with van der Waals surface area (Å²) in [5, 5.41) is 5.51. The van der Waals surface area contributed by atoms with Crippen molar-refractivity contribution in [2.45, 2.75) is 20.4 Å². The number of rotatable bonds is 7. The normalized spacial score (nSPS) is 10.4. The maximum atomic E-state index is 13.4. The van der Waals surface area contributed by atoms with Gasteiger partial charge in [0.15, 0.2) is 0 Å². The lowest BCUT2D eigenvalue weighted by molar-refractivity contribution is -0.118. The zero-order chi connectivity index (χ0) is 18.2. The van der Waals surface area contributed by atoms with Crippen LogP contribution in [0.3, 0.4) is 0 Å². The van der Waals surface area contributed by atoms with E-state index >= 15 is 0 Å². The van der Waals surface area contributed by atoms with Crippen LogP contribution in [0.5, 0.6) is 0 Å². The molecule has 2 aromatic rings. The van der Waals surface area contributed by atoms with E-state index in [4.69, 9.17) is 0 Å². The van der Waals surface area contributed by atoms with Crippen LogP contribution in [0.25, 0.3) is 0 Å². The molecule has 4 nitrogen and oxygen atoms in total. The Hall–Kier alpha value is -2.34. The van der Waals surface area contributed by atoms with E-state index in [0.29, 0.717) is 11.1 Å². The third-order valence-corrected chi connectivity index (χ3v) is 4.43. The molecule has 2 rings (SSSR count). The van der Waals surface area contributed by atoms with Crippen LogP contribution in [0.4, 0.5) is 10.1 Å². The van der Waals surface area contributed by atoms with Gasteiger partial charge in [-0.15, -0.1) is 11.8 Å². The van der Waals surface area contributed by atoms with Crippen molar-refractivity contribution < 1.29 is 14.0 Å². The molecule has 0 aromatic heterocycles. The molecule has 0 heterocycles. The molecule has 132 valence electrons. The van der Waals surface area contributed by atoms with Crippen molar-refractivity contribution in [2.75, 3.05) is 16.8 Å². The molecule has 2 aromatic carbocycles. The van der Waals surface area contributed by atoms with Gasteiger partial charge in [0, 0.05) is 12.2 Å². The van der Waals surface area contributed by atoms with Gasteiger partial charge in [-0.05, 0) is 48.7 Å². The fraction of sp³-hybridized carbons (Fsp3) is 0.263. The minimum absolute atomic E-state index is 0.149. The Morgan fingerprint density at radius 2 is 1.80 bits per heavy atom. The molecule has 0 aliphatic rings. The third-order valence-electron chi connectivity index (χ3n) is 3.49. The van der Waals surface area contributed by atoms with Gasteiger partial charge in [-0.3, -0.25) is 9.59 Å². The lowest BCUT2D eigenvalue weighted by atomic mass is 10.1. The number of anilines is 1.